The zero-order valence-electron chi connectivity index (χ0n) is 9.72. The van der Waals surface area contributed by atoms with Gasteiger partial charge >= 0.3 is 5.97 Å². The number of nitrogens with one attached hydrogen (secondary N) is 1. The fourth-order valence-electron chi connectivity index (χ4n) is 2.41. The molecule has 2 rings (SSSR count). The van der Waals surface area contributed by atoms with Crippen molar-refractivity contribution in [3.05, 3.63) is 0 Å². The van der Waals surface area contributed by atoms with Crippen LogP contribution in [-0.2, 0) is 14.3 Å². The van der Waals surface area contributed by atoms with Crippen LogP contribution in [-0.4, -0.2) is 60.3 Å². The smallest absolute Gasteiger partial charge is 0.305 e. The van der Waals surface area contributed by atoms with E-state index in [-0.39, 0.29) is 24.4 Å². The first kappa shape index (κ1) is 12.3. The maximum Gasteiger partial charge on any atom is 0.305 e. The van der Waals surface area contributed by atoms with Crippen LogP contribution in [0.25, 0.3) is 0 Å². The molecule has 2 fully saturated rings. The van der Waals surface area contributed by atoms with Gasteiger partial charge in [0.25, 0.3) is 0 Å². The summed E-state index contributed by atoms with van der Waals surface area (Å²) in [4.78, 5) is 24.6. The number of rotatable bonds is 3. The van der Waals surface area contributed by atoms with Gasteiger partial charge in [-0.15, -0.1) is 0 Å². The number of hydrogen-bond donors (Lipinski definition) is 2. The van der Waals surface area contributed by atoms with E-state index in [1.165, 1.54) is 0 Å². The lowest BCUT2D eigenvalue weighted by Crippen LogP contribution is -2.54. The number of hydrogen-bond acceptors (Lipinski definition) is 4. The van der Waals surface area contributed by atoms with Crippen LogP contribution in [0.3, 0.4) is 0 Å². The molecule has 2 heterocycles. The van der Waals surface area contributed by atoms with E-state index in [2.05, 4.69) is 5.32 Å². The summed E-state index contributed by atoms with van der Waals surface area (Å²) in [7, 11) is 0. The molecule has 2 N–H and O–H groups in total. The van der Waals surface area contributed by atoms with Gasteiger partial charge in [0.2, 0.25) is 5.91 Å². The minimum atomic E-state index is -0.891. The Morgan fingerprint density at radius 3 is 2.94 bits per heavy atom. The van der Waals surface area contributed by atoms with Gasteiger partial charge < -0.3 is 20.1 Å². The van der Waals surface area contributed by atoms with E-state index in [4.69, 9.17) is 9.84 Å². The summed E-state index contributed by atoms with van der Waals surface area (Å²) in [6.45, 7) is 2.18. The number of carboxylic acid groups (broad SMARTS) is 1. The molecule has 0 aromatic heterocycles. The van der Waals surface area contributed by atoms with Crippen LogP contribution < -0.4 is 5.32 Å². The third-order valence-corrected chi connectivity index (χ3v) is 3.28. The van der Waals surface area contributed by atoms with Gasteiger partial charge in [0.05, 0.1) is 31.7 Å². The normalized spacial score (nSPS) is 29.3. The van der Waals surface area contributed by atoms with E-state index >= 15 is 0 Å². The van der Waals surface area contributed by atoms with Gasteiger partial charge in [0, 0.05) is 6.54 Å². The van der Waals surface area contributed by atoms with Gasteiger partial charge in [-0.05, 0) is 19.4 Å². The predicted molar refractivity (Wildman–Crippen MR) is 59.6 cm³/mol. The van der Waals surface area contributed by atoms with Gasteiger partial charge in [-0.2, -0.15) is 0 Å². The van der Waals surface area contributed by atoms with Crippen LogP contribution in [0.15, 0.2) is 0 Å². The second-order valence-electron chi connectivity index (χ2n) is 4.51. The number of carbonyl (C=O) groups excluding carboxylic acids is 1. The van der Waals surface area contributed by atoms with E-state index in [1.807, 2.05) is 0 Å². The Bertz CT molecular complexity index is 302. The molecule has 0 spiro atoms. The van der Waals surface area contributed by atoms with E-state index < -0.39 is 5.97 Å². The van der Waals surface area contributed by atoms with Crippen molar-refractivity contribution >= 4 is 11.9 Å². The SMILES string of the molecule is O=C(O)CC1COCCN1C(=O)[C@@H]1CCCN1. The van der Waals surface area contributed by atoms with Crippen LogP contribution in [0.2, 0.25) is 0 Å². The van der Waals surface area contributed by atoms with Crippen LogP contribution in [0.1, 0.15) is 19.3 Å². The first-order valence-corrected chi connectivity index (χ1v) is 6.02. The van der Waals surface area contributed by atoms with E-state index in [0.717, 1.165) is 19.4 Å². The molecule has 2 aliphatic heterocycles. The third-order valence-electron chi connectivity index (χ3n) is 3.28. The topological polar surface area (TPSA) is 78.9 Å². The molecular weight excluding hydrogens is 224 g/mol. The Morgan fingerprint density at radius 2 is 2.29 bits per heavy atom. The third kappa shape index (κ3) is 2.95. The van der Waals surface area contributed by atoms with Gasteiger partial charge in [-0.1, -0.05) is 0 Å². The van der Waals surface area contributed by atoms with Crippen molar-refractivity contribution in [3.63, 3.8) is 0 Å². The summed E-state index contributed by atoms with van der Waals surface area (Å²) in [5, 5.41) is 12.0. The van der Waals surface area contributed by atoms with Crippen LogP contribution in [0.4, 0.5) is 0 Å². The molecule has 1 amide bonds. The standard InChI is InChI=1S/C11H18N2O4/c14-10(15)6-8-7-17-5-4-13(8)11(16)9-2-1-3-12-9/h8-9,12H,1-7H2,(H,14,15)/t8?,9-/m0/s1. The highest BCUT2D eigenvalue weighted by molar-refractivity contribution is 5.83. The number of amides is 1. The molecule has 2 saturated heterocycles. The summed E-state index contributed by atoms with van der Waals surface area (Å²) < 4.78 is 5.25. The van der Waals surface area contributed by atoms with E-state index in [1.54, 1.807) is 4.90 Å². The summed E-state index contributed by atoms with van der Waals surface area (Å²) in [5.74, 6) is -0.866. The molecule has 2 atom stereocenters. The second-order valence-corrected chi connectivity index (χ2v) is 4.51. The van der Waals surface area contributed by atoms with Gasteiger partial charge in [0.1, 0.15) is 0 Å². The number of ether oxygens (including phenoxy) is 1. The molecule has 6 nitrogen and oxygen atoms in total. The monoisotopic (exact) mass is 242 g/mol. The molecule has 17 heavy (non-hydrogen) atoms. The van der Waals surface area contributed by atoms with Gasteiger partial charge in [-0.3, -0.25) is 9.59 Å². The van der Waals surface area contributed by atoms with Crippen molar-refractivity contribution < 1.29 is 19.4 Å². The fraction of sp³-hybridized carbons (Fsp3) is 0.818. The van der Waals surface area contributed by atoms with Crippen molar-refractivity contribution in [1.82, 2.24) is 10.2 Å². The average molecular weight is 242 g/mol. The van der Waals surface area contributed by atoms with Crippen LogP contribution in [0, 0.1) is 0 Å². The maximum atomic E-state index is 12.2. The van der Waals surface area contributed by atoms with Gasteiger partial charge in [-0.25, -0.2) is 0 Å². The molecule has 0 aromatic carbocycles. The lowest BCUT2D eigenvalue weighted by atomic mass is 10.1. The van der Waals surface area contributed by atoms with Crippen molar-refractivity contribution in [2.75, 3.05) is 26.3 Å². The molecular formula is C11H18N2O4. The maximum absolute atomic E-state index is 12.2. The summed E-state index contributed by atoms with van der Waals surface area (Å²) >= 11 is 0. The highest BCUT2D eigenvalue weighted by Gasteiger charge is 2.34. The van der Waals surface area contributed by atoms with E-state index in [0.29, 0.717) is 19.8 Å². The number of morpholine rings is 1. The van der Waals surface area contributed by atoms with E-state index in [9.17, 15) is 9.59 Å². The molecule has 0 bridgehead atoms. The molecule has 96 valence electrons. The minimum absolute atomic E-state index is 0.0250. The first-order valence-electron chi connectivity index (χ1n) is 6.02. The predicted octanol–water partition coefficient (Wildman–Crippen LogP) is -0.559. The zero-order chi connectivity index (χ0) is 12.3. The summed E-state index contributed by atoms with van der Waals surface area (Å²) in [6, 6.07) is -0.458. The number of nitrogens with zero attached hydrogens (tertiary/aromatic N) is 1. The number of carbonyl (C=O) groups is 2. The highest BCUT2D eigenvalue weighted by Crippen LogP contribution is 2.16. The molecule has 6 heteroatoms. The van der Waals surface area contributed by atoms with Crippen molar-refractivity contribution in [2.45, 2.75) is 31.3 Å². The summed E-state index contributed by atoms with van der Waals surface area (Å²) in [6.07, 6.45) is 1.80. The number of carboxylic acids is 1. The largest absolute Gasteiger partial charge is 0.481 e. The molecule has 0 saturated carbocycles. The minimum Gasteiger partial charge on any atom is -0.481 e. The molecule has 0 aliphatic carbocycles. The second kappa shape index (κ2) is 5.46. The quantitative estimate of drug-likeness (QED) is 0.693. The Labute approximate surface area is 99.9 Å². The Morgan fingerprint density at radius 1 is 1.47 bits per heavy atom. The Hall–Kier alpha value is -1.14. The molecule has 1 unspecified atom stereocenters. The summed E-state index contributed by atoms with van der Waals surface area (Å²) in [5.41, 5.74) is 0. The van der Waals surface area contributed by atoms with Crippen LogP contribution in [0.5, 0.6) is 0 Å². The zero-order valence-corrected chi connectivity index (χ0v) is 9.72. The highest BCUT2D eigenvalue weighted by atomic mass is 16.5. The lowest BCUT2D eigenvalue weighted by molar-refractivity contribution is -0.147. The average Bonchev–Trinajstić information content (AvgIpc) is 2.81. The lowest BCUT2D eigenvalue weighted by Gasteiger charge is -2.36. The molecule has 2 aliphatic rings. The molecule has 0 aromatic rings. The van der Waals surface area contributed by atoms with Crippen molar-refractivity contribution in [3.8, 4) is 0 Å². The van der Waals surface area contributed by atoms with Crippen molar-refractivity contribution in [2.24, 2.45) is 0 Å². The fourth-order valence-corrected chi connectivity index (χ4v) is 2.41. The van der Waals surface area contributed by atoms with Crippen LogP contribution >= 0.6 is 0 Å². The Balaban J connectivity index is 1.99. The number of aliphatic carboxylic acids is 1. The Kier molecular flexibility index (Phi) is 3.96. The first-order chi connectivity index (χ1) is 8.18. The van der Waals surface area contributed by atoms with Gasteiger partial charge in [0.15, 0.2) is 0 Å². The molecule has 0 radical (unpaired) electrons. The van der Waals surface area contributed by atoms with Crippen molar-refractivity contribution in [1.29, 1.82) is 0 Å².